The van der Waals surface area contributed by atoms with E-state index in [-0.39, 0.29) is 12.4 Å². The molecule has 2 rings (SSSR count). The number of rotatable bonds is 3. The number of benzene rings is 2. The predicted octanol–water partition coefficient (Wildman–Crippen LogP) is 3.23. The summed E-state index contributed by atoms with van der Waals surface area (Å²) in [5, 5.41) is 8.92. The zero-order chi connectivity index (χ0) is 13.1. The van der Waals surface area contributed by atoms with Gasteiger partial charge in [0.2, 0.25) is 0 Å². The van der Waals surface area contributed by atoms with E-state index in [4.69, 9.17) is 5.11 Å². The Kier molecular flexibility index (Phi) is 3.58. The minimum Gasteiger partial charge on any atom is -0.392 e. The molecule has 2 aromatic carbocycles. The van der Waals surface area contributed by atoms with Crippen LogP contribution in [0.5, 0.6) is 0 Å². The van der Waals surface area contributed by atoms with Gasteiger partial charge in [-0.3, -0.25) is 0 Å². The molecule has 0 aliphatic carbocycles. The fourth-order valence-corrected chi connectivity index (χ4v) is 1.74. The average Bonchev–Trinajstić information content (AvgIpc) is 2.37. The molecule has 0 unspecified atom stereocenters. The SMILES string of the molecule is CN(c1cccc(F)c1)c1ccc(CO)cc1F. The van der Waals surface area contributed by atoms with Crippen molar-refractivity contribution < 1.29 is 13.9 Å². The molecule has 2 aromatic rings. The van der Waals surface area contributed by atoms with Crippen LogP contribution < -0.4 is 4.90 Å². The first-order valence-corrected chi connectivity index (χ1v) is 5.50. The Morgan fingerprint density at radius 1 is 1.11 bits per heavy atom. The molecule has 1 N–H and O–H groups in total. The van der Waals surface area contributed by atoms with Crippen LogP contribution in [0.3, 0.4) is 0 Å². The average molecular weight is 249 g/mol. The Balaban J connectivity index is 2.37. The Labute approximate surface area is 104 Å². The monoisotopic (exact) mass is 249 g/mol. The number of hydrogen-bond acceptors (Lipinski definition) is 2. The molecule has 0 bridgehead atoms. The maximum atomic E-state index is 13.8. The first-order valence-electron chi connectivity index (χ1n) is 5.50. The summed E-state index contributed by atoms with van der Waals surface area (Å²) in [6.07, 6.45) is 0. The van der Waals surface area contributed by atoms with Gasteiger partial charge in [0, 0.05) is 12.7 Å². The number of aliphatic hydroxyl groups is 1. The van der Waals surface area contributed by atoms with Gasteiger partial charge in [0.1, 0.15) is 11.6 Å². The Bertz CT molecular complexity index is 557. The minimum absolute atomic E-state index is 0.207. The number of anilines is 2. The highest BCUT2D eigenvalue weighted by molar-refractivity contribution is 5.63. The smallest absolute Gasteiger partial charge is 0.147 e. The Morgan fingerprint density at radius 2 is 1.89 bits per heavy atom. The van der Waals surface area contributed by atoms with Crippen LogP contribution in [-0.2, 0) is 6.61 Å². The summed E-state index contributed by atoms with van der Waals surface area (Å²) in [4.78, 5) is 1.56. The van der Waals surface area contributed by atoms with E-state index in [2.05, 4.69) is 0 Å². The molecule has 0 amide bonds. The third-order valence-corrected chi connectivity index (χ3v) is 2.75. The zero-order valence-electron chi connectivity index (χ0n) is 9.90. The van der Waals surface area contributed by atoms with Crippen LogP contribution in [0.2, 0.25) is 0 Å². The molecule has 0 saturated heterocycles. The number of halogens is 2. The molecule has 0 radical (unpaired) electrons. The minimum atomic E-state index is -0.451. The molecular formula is C14H13F2NO. The van der Waals surface area contributed by atoms with Gasteiger partial charge in [-0.2, -0.15) is 0 Å². The van der Waals surface area contributed by atoms with Gasteiger partial charge < -0.3 is 10.0 Å². The summed E-state index contributed by atoms with van der Waals surface area (Å²) in [5.41, 5.74) is 1.40. The van der Waals surface area contributed by atoms with Crippen molar-refractivity contribution in [2.75, 3.05) is 11.9 Å². The fourth-order valence-electron chi connectivity index (χ4n) is 1.74. The molecule has 0 heterocycles. The highest BCUT2D eigenvalue weighted by Crippen LogP contribution is 2.27. The number of aliphatic hydroxyl groups excluding tert-OH is 1. The molecule has 4 heteroatoms. The van der Waals surface area contributed by atoms with E-state index in [0.29, 0.717) is 16.9 Å². The fraction of sp³-hybridized carbons (Fsp3) is 0.143. The van der Waals surface area contributed by atoms with Crippen molar-refractivity contribution >= 4 is 11.4 Å². The Morgan fingerprint density at radius 3 is 2.50 bits per heavy atom. The molecule has 0 atom stereocenters. The molecule has 0 saturated carbocycles. The van der Waals surface area contributed by atoms with Crippen LogP contribution in [0.25, 0.3) is 0 Å². The first kappa shape index (κ1) is 12.5. The predicted molar refractivity (Wildman–Crippen MR) is 66.8 cm³/mol. The van der Waals surface area contributed by atoms with E-state index < -0.39 is 5.82 Å². The van der Waals surface area contributed by atoms with Crippen LogP contribution in [0.15, 0.2) is 42.5 Å². The van der Waals surface area contributed by atoms with Crippen LogP contribution in [-0.4, -0.2) is 12.2 Å². The van der Waals surface area contributed by atoms with E-state index >= 15 is 0 Å². The number of hydrogen-bond donors (Lipinski definition) is 1. The van der Waals surface area contributed by atoms with Crippen LogP contribution in [0.4, 0.5) is 20.2 Å². The number of nitrogens with zero attached hydrogens (tertiary/aromatic N) is 1. The van der Waals surface area contributed by atoms with Gasteiger partial charge in [0.25, 0.3) is 0 Å². The van der Waals surface area contributed by atoms with Crippen molar-refractivity contribution in [1.29, 1.82) is 0 Å². The lowest BCUT2D eigenvalue weighted by Gasteiger charge is -2.20. The molecular weight excluding hydrogens is 236 g/mol. The summed E-state index contributed by atoms with van der Waals surface area (Å²) in [6.45, 7) is -0.207. The second kappa shape index (κ2) is 5.14. The van der Waals surface area contributed by atoms with Gasteiger partial charge in [-0.15, -0.1) is 0 Å². The molecule has 18 heavy (non-hydrogen) atoms. The zero-order valence-corrected chi connectivity index (χ0v) is 9.90. The molecule has 0 aromatic heterocycles. The lowest BCUT2D eigenvalue weighted by molar-refractivity contribution is 0.281. The maximum absolute atomic E-state index is 13.8. The van der Waals surface area contributed by atoms with Gasteiger partial charge in [-0.1, -0.05) is 12.1 Å². The third-order valence-electron chi connectivity index (χ3n) is 2.75. The molecule has 94 valence electrons. The third kappa shape index (κ3) is 2.49. The van der Waals surface area contributed by atoms with Gasteiger partial charge in [0.05, 0.1) is 12.3 Å². The molecule has 0 aliphatic rings. The summed E-state index contributed by atoms with van der Waals surface area (Å²) in [6, 6.07) is 10.4. The van der Waals surface area contributed by atoms with Gasteiger partial charge >= 0.3 is 0 Å². The van der Waals surface area contributed by atoms with Gasteiger partial charge in [-0.05, 0) is 35.9 Å². The molecule has 0 fully saturated rings. The molecule has 0 spiro atoms. The molecule has 2 nitrogen and oxygen atoms in total. The highest BCUT2D eigenvalue weighted by atomic mass is 19.1. The summed E-state index contributed by atoms with van der Waals surface area (Å²) in [5.74, 6) is -0.819. The summed E-state index contributed by atoms with van der Waals surface area (Å²) < 4.78 is 26.9. The largest absolute Gasteiger partial charge is 0.392 e. The Hall–Kier alpha value is -1.94. The van der Waals surface area contributed by atoms with E-state index in [1.54, 1.807) is 36.2 Å². The van der Waals surface area contributed by atoms with Crippen molar-refractivity contribution in [3.8, 4) is 0 Å². The van der Waals surface area contributed by atoms with E-state index in [1.807, 2.05) is 0 Å². The maximum Gasteiger partial charge on any atom is 0.147 e. The lowest BCUT2D eigenvalue weighted by atomic mass is 10.2. The summed E-state index contributed by atoms with van der Waals surface area (Å²) >= 11 is 0. The quantitative estimate of drug-likeness (QED) is 0.902. The van der Waals surface area contributed by atoms with Crippen LogP contribution in [0, 0.1) is 11.6 Å². The standard InChI is InChI=1S/C14H13F2NO/c1-17(12-4-2-3-11(15)8-12)14-6-5-10(9-18)7-13(14)16/h2-8,18H,9H2,1H3. The van der Waals surface area contributed by atoms with Crippen molar-refractivity contribution in [3.05, 3.63) is 59.7 Å². The van der Waals surface area contributed by atoms with E-state index in [9.17, 15) is 8.78 Å². The topological polar surface area (TPSA) is 23.5 Å². The summed E-state index contributed by atoms with van der Waals surface area (Å²) in [7, 11) is 1.66. The van der Waals surface area contributed by atoms with Crippen molar-refractivity contribution in [3.63, 3.8) is 0 Å². The van der Waals surface area contributed by atoms with Gasteiger partial charge in [-0.25, -0.2) is 8.78 Å². The molecule has 0 aliphatic heterocycles. The van der Waals surface area contributed by atoms with Crippen molar-refractivity contribution in [2.45, 2.75) is 6.61 Å². The van der Waals surface area contributed by atoms with Crippen LogP contribution in [0.1, 0.15) is 5.56 Å². The second-order valence-electron chi connectivity index (χ2n) is 3.98. The second-order valence-corrected chi connectivity index (χ2v) is 3.98. The normalized spacial score (nSPS) is 10.4. The van der Waals surface area contributed by atoms with E-state index in [1.165, 1.54) is 18.2 Å². The highest BCUT2D eigenvalue weighted by Gasteiger charge is 2.10. The van der Waals surface area contributed by atoms with Crippen molar-refractivity contribution in [1.82, 2.24) is 0 Å². The first-order chi connectivity index (χ1) is 8.61. The lowest BCUT2D eigenvalue weighted by Crippen LogP contribution is -2.11. The van der Waals surface area contributed by atoms with Crippen molar-refractivity contribution in [2.24, 2.45) is 0 Å². The van der Waals surface area contributed by atoms with E-state index in [0.717, 1.165) is 0 Å². The van der Waals surface area contributed by atoms with Gasteiger partial charge in [0.15, 0.2) is 0 Å². The van der Waals surface area contributed by atoms with Crippen LogP contribution >= 0.6 is 0 Å².